The minimum Gasteiger partial charge on any atom is -0.393 e. The Kier molecular flexibility index (Phi) is 6.90. The first kappa shape index (κ1) is 12.3. The molecule has 0 aliphatic heterocycles. The molecule has 1 aliphatic rings. The predicted molar refractivity (Wildman–Crippen MR) is 56.3 cm³/mol. The molecular formula is C9H21NOS. The number of hydrogen-bond donors (Lipinski definition) is 3. The highest BCUT2D eigenvalue weighted by Gasteiger charge is 2.21. The lowest BCUT2D eigenvalue weighted by atomic mass is 9.87. The number of aliphatic hydroxyl groups excluding tert-OH is 1. The first-order chi connectivity index (χ1) is 5.70. The summed E-state index contributed by atoms with van der Waals surface area (Å²) in [7, 11) is 0. The Hall–Kier alpha value is 0.270. The Morgan fingerprint density at radius 3 is 2.00 bits per heavy atom. The number of thiol groups is 1. The third-order valence-corrected chi connectivity index (χ3v) is 2.65. The monoisotopic (exact) mass is 191 g/mol. The Bertz CT molecular complexity index is 101. The van der Waals surface area contributed by atoms with Crippen LogP contribution in [-0.2, 0) is 0 Å². The van der Waals surface area contributed by atoms with E-state index in [1.165, 1.54) is 0 Å². The second kappa shape index (κ2) is 6.75. The smallest absolute Gasteiger partial charge is 0.0540 e. The summed E-state index contributed by atoms with van der Waals surface area (Å²) in [6.07, 6.45) is 3.79. The van der Waals surface area contributed by atoms with Gasteiger partial charge in [-0.15, -0.1) is 0 Å². The fourth-order valence-electron chi connectivity index (χ4n) is 1.44. The Morgan fingerprint density at radius 1 is 1.25 bits per heavy atom. The van der Waals surface area contributed by atoms with E-state index in [2.05, 4.69) is 12.6 Å². The van der Waals surface area contributed by atoms with Gasteiger partial charge in [-0.2, -0.15) is 12.6 Å². The van der Waals surface area contributed by atoms with Gasteiger partial charge in [0.05, 0.1) is 11.5 Å². The standard InChI is InChI=1S/C7H15NOS.C2H6/c8-7(10)5-1-3-6(9)4-2-5;1-2/h5-7,9-10H,1-4,8H2;1-2H3. The van der Waals surface area contributed by atoms with Gasteiger partial charge in [-0.05, 0) is 31.6 Å². The molecule has 74 valence electrons. The van der Waals surface area contributed by atoms with Crippen LogP contribution in [0.4, 0.5) is 0 Å². The Balaban J connectivity index is 0.000000561. The van der Waals surface area contributed by atoms with Crippen molar-refractivity contribution < 1.29 is 5.11 Å². The van der Waals surface area contributed by atoms with Crippen LogP contribution in [0.5, 0.6) is 0 Å². The molecule has 1 unspecified atom stereocenters. The molecule has 1 rings (SSSR count). The van der Waals surface area contributed by atoms with E-state index >= 15 is 0 Å². The van der Waals surface area contributed by atoms with E-state index in [1.54, 1.807) is 0 Å². The van der Waals surface area contributed by atoms with Gasteiger partial charge in [0.15, 0.2) is 0 Å². The van der Waals surface area contributed by atoms with Gasteiger partial charge in [0.25, 0.3) is 0 Å². The predicted octanol–water partition coefficient (Wildman–Crippen LogP) is 1.78. The average Bonchev–Trinajstić information content (AvgIpc) is 2.09. The summed E-state index contributed by atoms with van der Waals surface area (Å²) < 4.78 is 0. The number of nitrogens with two attached hydrogens (primary N) is 1. The number of aliphatic hydroxyl groups is 1. The molecule has 0 saturated heterocycles. The maximum atomic E-state index is 9.14. The molecule has 0 heterocycles. The lowest BCUT2D eigenvalue weighted by Crippen LogP contribution is -2.29. The summed E-state index contributed by atoms with van der Waals surface area (Å²) in [5.41, 5.74) is 5.60. The van der Waals surface area contributed by atoms with E-state index in [0.29, 0.717) is 5.92 Å². The molecule has 1 aliphatic carbocycles. The van der Waals surface area contributed by atoms with Crippen LogP contribution in [0.2, 0.25) is 0 Å². The van der Waals surface area contributed by atoms with E-state index < -0.39 is 0 Å². The quantitative estimate of drug-likeness (QED) is 0.437. The van der Waals surface area contributed by atoms with Crippen LogP contribution in [0.1, 0.15) is 39.5 Å². The topological polar surface area (TPSA) is 46.2 Å². The third-order valence-electron chi connectivity index (χ3n) is 2.22. The lowest BCUT2D eigenvalue weighted by Gasteiger charge is -2.27. The number of rotatable bonds is 1. The molecule has 0 bridgehead atoms. The van der Waals surface area contributed by atoms with Gasteiger partial charge < -0.3 is 10.8 Å². The highest BCUT2D eigenvalue weighted by atomic mass is 32.1. The van der Waals surface area contributed by atoms with Crippen LogP contribution >= 0.6 is 12.6 Å². The molecule has 3 N–H and O–H groups in total. The molecule has 0 radical (unpaired) electrons. The second-order valence-corrected chi connectivity index (χ2v) is 3.66. The van der Waals surface area contributed by atoms with Gasteiger partial charge in [-0.1, -0.05) is 13.8 Å². The largest absolute Gasteiger partial charge is 0.393 e. The molecule has 2 nitrogen and oxygen atoms in total. The summed E-state index contributed by atoms with van der Waals surface area (Å²) >= 11 is 4.17. The zero-order valence-electron chi connectivity index (χ0n) is 8.03. The van der Waals surface area contributed by atoms with E-state index in [1.807, 2.05) is 13.8 Å². The zero-order valence-corrected chi connectivity index (χ0v) is 8.93. The second-order valence-electron chi connectivity index (χ2n) is 3.06. The molecule has 0 aromatic carbocycles. The van der Waals surface area contributed by atoms with Gasteiger partial charge >= 0.3 is 0 Å². The SMILES string of the molecule is CC.NC(S)C1CCC(O)CC1. The third kappa shape index (κ3) is 4.33. The summed E-state index contributed by atoms with van der Waals surface area (Å²) in [6, 6.07) is 0. The molecule has 1 fully saturated rings. The Labute approximate surface area is 80.9 Å². The minimum atomic E-state index is -0.0802. The molecule has 1 saturated carbocycles. The fourth-order valence-corrected chi connectivity index (χ4v) is 1.74. The van der Waals surface area contributed by atoms with Crippen molar-refractivity contribution >= 4 is 12.6 Å². The average molecular weight is 191 g/mol. The molecule has 0 aromatic rings. The molecule has 0 spiro atoms. The zero-order chi connectivity index (χ0) is 9.56. The highest BCUT2D eigenvalue weighted by Crippen LogP contribution is 2.26. The first-order valence-electron chi connectivity index (χ1n) is 4.82. The first-order valence-corrected chi connectivity index (χ1v) is 5.33. The summed E-state index contributed by atoms with van der Waals surface area (Å²) in [5, 5.41) is 9.15. The summed E-state index contributed by atoms with van der Waals surface area (Å²) in [6.45, 7) is 4.00. The van der Waals surface area contributed by atoms with Crippen LogP contribution in [0.25, 0.3) is 0 Å². The van der Waals surface area contributed by atoms with Crippen molar-refractivity contribution in [2.45, 2.75) is 51.0 Å². The van der Waals surface area contributed by atoms with Crippen molar-refractivity contribution in [1.82, 2.24) is 0 Å². The van der Waals surface area contributed by atoms with Gasteiger partial charge in [0.1, 0.15) is 0 Å². The molecule has 3 heteroatoms. The van der Waals surface area contributed by atoms with Crippen LogP contribution < -0.4 is 5.73 Å². The van der Waals surface area contributed by atoms with Gasteiger partial charge in [-0.25, -0.2) is 0 Å². The summed E-state index contributed by atoms with van der Waals surface area (Å²) in [4.78, 5) is 0. The van der Waals surface area contributed by atoms with Crippen molar-refractivity contribution in [2.75, 3.05) is 0 Å². The molecular weight excluding hydrogens is 170 g/mol. The molecule has 0 amide bonds. The van der Waals surface area contributed by atoms with E-state index in [9.17, 15) is 0 Å². The molecule has 0 aromatic heterocycles. The van der Waals surface area contributed by atoms with Crippen LogP contribution in [0, 0.1) is 5.92 Å². The van der Waals surface area contributed by atoms with Crippen molar-refractivity contribution in [2.24, 2.45) is 11.7 Å². The summed E-state index contributed by atoms with van der Waals surface area (Å²) in [5.74, 6) is 0.520. The van der Waals surface area contributed by atoms with E-state index in [4.69, 9.17) is 10.8 Å². The normalized spacial score (nSPS) is 31.8. The van der Waals surface area contributed by atoms with E-state index in [-0.39, 0.29) is 11.5 Å². The van der Waals surface area contributed by atoms with Crippen molar-refractivity contribution in [3.63, 3.8) is 0 Å². The number of hydrogen-bond acceptors (Lipinski definition) is 3. The maximum absolute atomic E-state index is 9.14. The van der Waals surface area contributed by atoms with Crippen LogP contribution in [0.15, 0.2) is 0 Å². The Morgan fingerprint density at radius 2 is 1.67 bits per heavy atom. The lowest BCUT2D eigenvalue weighted by molar-refractivity contribution is 0.108. The molecule has 12 heavy (non-hydrogen) atoms. The van der Waals surface area contributed by atoms with Gasteiger partial charge in [0, 0.05) is 0 Å². The van der Waals surface area contributed by atoms with Gasteiger partial charge in [0.2, 0.25) is 0 Å². The van der Waals surface area contributed by atoms with Crippen molar-refractivity contribution in [1.29, 1.82) is 0 Å². The van der Waals surface area contributed by atoms with Gasteiger partial charge in [-0.3, -0.25) is 0 Å². The molecule has 1 atom stereocenters. The highest BCUT2D eigenvalue weighted by molar-refractivity contribution is 7.80. The van der Waals surface area contributed by atoms with Crippen LogP contribution in [-0.4, -0.2) is 16.6 Å². The maximum Gasteiger partial charge on any atom is 0.0540 e. The fraction of sp³-hybridized carbons (Fsp3) is 1.00. The van der Waals surface area contributed by atoms with Crippen molar-refractivity contribution in [3.05, 3.63) is 0 Å². The van der Waals surface area contributed by atoms with Crippen molar-refractivity contribution in [3.8, 4) is 0 Å². The van der Waals surface area contributed by atoms with E-state index in [0.717, 1.165) is 25.7 Å². The minimum absolute atomic E-state index is 0.00694. The van der Waals surface area contributed by atoms with Crippen LogP contribution in [0.3, 0.4) is 0 Å².